The number of rotatable bonds is 8. The fourth-order valence-electron chi connectivity index (χ4n) is 2.74. The van der Waals surface area contributed by atoms with Crippen molar-refractivity contribution < 1.29 is 13.2 Å². The molecule has 0 saturated heterocycles. The highest BCUT2D eigenvalue weighted by atomic mass is 35.5. The van der Waals surface area contributed by atoms with E-state index in [1.165, 1.54) is 12.1 Å². The minimum atomic E-state index is -3.78. The van der Waals surface area contributed by atoms with Crippen molar-refractivity contribution in [3.05, 3.63) is 71.6 Å². The lowest BCUT2D eigenvalue weighted by atomic mass is 10.2. The van der Waals surface area contributed by atoms with Crippen LogP contribution in [-0.4, -0.2) is 30.8 Å². The van der Waals surface area contributed by atoms with Crippen molar-refractivity contribution in [2.45, 2.75) is 24.3 Å². The van der Waals surface area contributed by atoms with Crippen LogP contribution in [-0.2, 0) is 14.8 Å². The average molecular weight is 433 g/mol. The number of imidazole rings is 1. The van der Waals surface area contributed by atoms with Gasteiger partial charge in [-0.1, -0.05) is 54.1 Å². The molecule has 29 heavy (non-hydrogen) atoms. The molecule has 1 unspecified atom stereocenters. The highest BCUT2D eigenvalue weighted by Crippen LogP contribution is 2.20. The summed E-state index contributed by atoms with van der Waals surface area (Å²) in [6.07, 6.45) is 1.70. The quantitative estimate of drug-likeness (QED) is 0.508. The Kier molecular flexibility index (Phi) is 6.68. The number of aromatic nitrogens is 2. The molecular weight excluding hydrogens is 412 g/mol. The number of carbonyl (C=O) groups is 1. The van der Waals surface area contributed by atoms with Crippen LogP contribution in [0.3, 0.4) is 0 Å². The van der Waals surface area contributed by atoms with Crippen LogP contribution in [0.2, 0.25) is 5.02 Å². The summed E-state index contributed by atoms with van der Waals surface area (Å²) >= 11 is 5.92. The van der Waals surface area contributed by atoms with Crippen LogP contribution in [0, 0.1) is 0 Å². The van der Waals surface area contributed by atoms with Gasteiger partial charge in [0.2, 0.25) is 15.9 Å². The summed E-state index contributed by atoms with van der Waals surface area (Å²) in [4.78, 5) is 19.7. The van der Waals surface area contributed by atoms with Crippen LogP contribution in [0.4, 0.5) is 0 Å². The van der Waals surface area contributed by atoms with E-state index in [1.807, 2.05) is 30.3 Å². The summed E-state index contributed by atoms with van der Waals surface area (Å²) in [5.41, 5.74) is 1.85. The summed E-state index contributed by atoms with van der Waals surface area (Å²) < 4.78 is 26.9. The molecule has 0 saturated carbocycles. The van der Waals surface area contributed by atoms with Gasteiger partial charge in [-0.25, -0.2) is 18.1 Å². The minimum Gasteiger partial charge on any atom is -0.346 e. The van der Waals surface area contributed by atoms with Crippen LogP contribution in [0.1, 0.15) is 25.2 Å². The largest absolute Gasteiger partial charge is 0.346 e. The number of hydrogen-bond donors (Lipinski definition) is 3. The first kappa shape index (κ1) is 21.0. The zero-order valence-electron chi connectivity index (χ0n) is 15.7. The Bertz CT molecular complexity index is 1080. The lowest BCUT2D eigenvalue weighted by Crippen LogP contribution is -2.32. The predicted molar refractivity (Wildman–Crippen MR) is 112 cm³/mol. The fraction of sp³-hybridized carbons (Fsp3) is 0.200. The average Bonchev–Trinajstić information content (AvgIpc) is 3.19. The first-order valence-electron chi connectivity index (χ1n) is 9.01. The van der Waals surface area contributed by atoms with Crippen LogP contribution in [0.5, 0.6) is 0 Å². The molecule has 0 radical (unpaired) electrons. The summed E-state index contributed by atoms with van der Waals surface area (Å²) in [7, 11) is -3.78. The molecule has 0 aliphatic rings. The topological polar surface area (TPSA) is 104 Å². The van der Waals surface area contributed by atoms with Gasteiger partial charge in [0.25, 0.3) is 0 Å². The molecule has 152 valence electrons. The maximum absolute atomic E-state index is 12.3. The Morgan fingerprint density at radius 1 is 1.14 bits per heavy atom. The number of benzene rings is 2. The monoisotopic (exact) mass is 432 g/mol. The van der Waals surface area contributed by atoms with Gasteiger partial charge >= 0.3 is 0 Å². The standard InChI is InChI=1S/C20H21ClN4O3S/c1-14(20-22-13-17(25-20)15-7-3-2-4-8-15)24-19(26)11-12-23-29(27,28)18-10-6-5-9-16(18)21/h2-10,13-14,23H,11-12H2,1H3,(H,22,25)(H,24,26). The van der Waals surface area contributed by atoms with Gasteiger partial charge in [-0.15, -0.1) is 0 Å². The number of hydrogen-bond acceptors (Lipinski definition) is 4. The van der Waals surface area contributed by atoms with Crippen molar-refractivity contribution in [1.82, 2.24) is 20.0 Å². The second-order valence-electron chi connectivity index (χ2n) is 6.42. The molecule has 1 atom stereocenters. The van der Waals surface area contributed by atoms with Gasteiger partial charge in [-0.05, 0) is 24.6 Å². The zero-order chi connectivity index (χ0) is 20.9. The van der Waals surface area contributed by atoms with E-state index in [2.05, 4.69) is 20.0 Å². The van der Waals surface area contributed by atoms with Gasteiger partial charge in [-0.2, -0.15) is 0 Å². The maximum atomic E-state index is 12.3. The number of H-pyrrole nitrogens is 1. The molecule has 7 nitrogen and oxygen atoms in total. The second kappa shape index (κ2) is 9.21. The van der Waals surface area contributed by atoms with Gasteiger partial charge in [0.05, 0.1) is 23.0 Å². The zero-order valence-corrected chi connectivity index (χ0v) is 17.3. The third-order valence-electron chi connectivity index (χ3n) is 4.24. The van der Waals surface area contributed by atoms with Crippen LogP contribution < -0.4 is 10.0 Å². The smallest absolute Gasteiger partial charge is 0.242 e. The molecule has 2 aromatic carbocycles. The van der Waals surface area contributed by atoms with Crippen LogP contribution in [0.15, 0.2) is 65.7 Å². The van der Waals surface area contributed by atoms with Gasteiger partial charge in [0, 0.05) is 13.0 Å². The van der Waals surface area contributed by atoms with Gasteiger partial charge in [0.1, 0.15) is 10.7 Å². The van der Waals surface area contributed by atoms with E-state index in [-0.39, 0.29) is 34.8 Å². The molecule has 0 fully saturated rings. The molecule has 0 aliphatic heterocycles. The number of carbonyl (C=O) groups excluding carboxylic acids is 1. The minimum absolute atomic E-state index is 0.0136. The molecule has 3 rings (SSSR count). The summed E-state index contributed by atoms with van der Waals surface area (Å²) in [6, 6.07) is 15.5. The summed E-state index contributed by atoms with van der Waals surface area (Å²) in [6.45, 7) is 1.76. The summed E-state index contributed by atoms with van der Waals surface area (Å²) in [5.74, 6) is 0.325. The Morgan fingerprint density at radius 2 is 1.83 bits per heavy atom. The van der Waals surface area contributed by atoms with E-state index in [9.17, 15) is 13.2 Å². The third kappa shape index (κ3) is 5.44. The van der Waals surface area contributed by atoms with E-state index in [1.54, 1.807) is 25.3 Å². The van der Waals surface area contributed by atoms with E-state index < -0.39 is 10.0 Å². The second-order valence-corrected chi connectivity index (χ2v) is 8.56. The van der Waals surface area contributed by atoms with E-state index in [0.29, 0.717) is 5.82 Å². The number of nitrogens with zero attached hydrogens (tertiary/aromatic N) is 1. The fourth-order valence-corrected chi connectivity index (χ4v) is 4.29. The molecule has 3 aromatic rings. The molecule has 1 amide bonds. The van der Waals surface area contributed by atoms with Crippen molar-refractivity contribution in [3.8, 4) is 11.3 Å². The predicted octanol–water partition coefficient (Wildman–Crippen LogP) is 3.28. The first-order chi connectivity index (χ1) is 13.9. The molecule has 9 heteroatoms. The molecule has 0 aliphatic carbocycles. The highest BCUT2D eigenvalue weighted by molar-refractivity contribution is 7.89. The van der Waals surface area contributed by atoms with E-state index >= 15 is 0 Å². The van der Waals surface area contributed by atoms with Gasteiger partial charge < -0.3 is 10.3 Å². The molecule has 3 N–H and O–H groups in total. The number of aromatic amines is 1. The lowest BCUT2D eigenvalue weighted by molar-refractivity contribution is -0.121. The van der Waals surface area contributed by atoms with Crippen molar-refractivity contribution in [3.63, 3.8) is 0 Å². The van der Waals surface area contributed by atoms with E-state index in [0.717, 1.165) is 11.3 Å². The van der Waals surface area contributed by atoms with E-state index in [4.69, 9.17) is 11.6 Å². The van der Waals surface area contributed by atoms with Crippen molar-refractivity contribution in [2.75, 3.05) is 6.54 Å². The first-order valence-corrected chi connectivity index (χ1v) is 10.9. The maximum Gasteiger partial charge on any atom is 0.242 e. The molecule has 0 spiro atoms. The Labute approximate surface area is 174 Å². The number of halogens is 1. The number of nitrogens with one attached hydrogen (secondary N) is 3. The van der Waals surface area contributed by atoms with Gasteiger partial charge in [0.15, 0.2) is 0 Å². The molecular formula is C20H21ClN4O3S. The van der Waals surface area contributed by atoms with Crippen molar-refractivity contribution >= 4 is 27.5 Å². The number of amides is 1. The SMILES string of the molecule is CC(NC(=O)CCNS(=O)(=O)c1ccccc1Cl)c1ncc(-c2ccccc2)[nH]1. The molecule has 1 aromatic heterocycles. The molecule has 1 heterocycles. The summed E-state index contributed by atoms with van der Waals surface area (Å²) in [5, 5.41) is 2.93. The highest BCUT2D eigenvalue weighted by Gasteiger charge is 2.18. The molecule has 0 bridgehead atoms. The van der Waals surface area contributed by atoms with Crippen molar-refractivity contribution in [1.29, 1.82) is 0 Å². The van der Waals surface area contributed by atoms with Crippen LogP contribution in [0.25, 0.3) is 11.3 Å². The normalized spacial score (nSPS) is 12.5. The Balaban J connectivity index is 1.52. The van der Waals surface area contributed by atoms with Crippen LogP contribution >= 0.6 is 11.6 Å². The van der Waals surface area contributed by atoms with Gasteiger partial charge in [-0.3, -0.25) is 4.79 Å². The Hall–Kier alpha value is -2.68. The van der Waals surface area contributed by atoms with Crippen molar-refractivity contribution in [2.24, 2.45) is 0 Å². The number of sulfonamides is 1. The lowest BCUT2D eigenvalue weighted by Gasteiger charge is -2.12. The Morgan fingerprint density at radius 3 is 2.55 bits per heavy atom. The third-order valence-corrected chi connectivity index (χ3v) is 6.20.